The van der Waals surface area contributed by atoms with E-state index in [0.29, 0.717) is 11.4 Å². The van der Waals surface area contributed by atoms with E-state index in [4.69, 9.17) is 4.74 Å². The summed E-state index contributed by atoms with van der Waals surface area (Å²) >= 11 is 0. The maximum atomic E-state index is 12.2. The summed E-state index contributed by atoms with van der Waals surface area (Å²) in [4.78, 5) is 23.3. The van der Waals surface area contributed by atoms with Gasteiger partial charge in [-0.1, -0.05) is 18.2 Å². The number of hydrogen-bond donors (Lipinski definition) is 1. The van der Waals surface area contributed by atoms with E-state index in [0.717, 1.165) is 29.8 Å². The van der Waals surface area contributed by atoms with Gasteiger partial charge in [0.1, 0.15) is 17.9 Å². The molecule has 2 heterocycles. The van der Waals surface area contributed by atoms with E-state index in [-0.39, 0.29) is 12.5 Å². The summed E-state index contributed by atoms with van der Waals surface area (Å²) in [5.74, 6) is 1.44. The molecule has 1 aliphatic heterocycles. The van der Waals surface area contributed by atoms with Crippen molar-refractivity contribution in [1.82, 2.24) is 9.97 Å². The Morgan fingerprint density at radius 3 is 2.67 bits per heavy atom. The van der Waals surface area contributed by atoms with Crippen LogP contribution in [0.5, 0.6) is 5.75 Å². The van der Waals surface area contributed by atoms with Crippen molar-refractivity contribution in [1.29, 1.82) is 0 Å². The van der Waals surface area contributed by atoms with Gasteiger partial charge in [0.15, 0.2) is 6.61 Å². The topological polar surface area (TPSA) is 67.3 Å². The van der Waals surface area contributed by atoms with Crippen LogP contribution in [-0.4, -0.2) is 35.6 Å². The van der Waals surface area contributed by atoms with Crippen LogP contribution in [0.3, 0.4) is 0 Å². The standard InChI is InChI=1S/C21H22N4O2/c26-20(14-27-17-7-3-1-4-8-17)24-16-9-10-18-19(13-16)22-15-23-21(18)25-11-5-2-6-12-25/h1,3-4,7-10,13,15H,2,5-6,11-12,14H2,(H,24,26). The van der Waals surface area contributed by atoms with Crippen molar-refractivity contribution in [3.8, 4) is 5.75 Å². The van der Waals surface area contributed by atoms with E-state index < -0.39 is 0 Å². The second-order valence-corrected chi connectivity index (χ2v) is 6.63. The van der Waals surface area contributed by atoms with Crippen LogP contribution in [0.1, 0.15) is 19.3 Å². The Kier molecular flexibility index (Phi) is 5.14. The maximum Gasteiger partial charge on any atom is 0.262 e. The molecule has 0 bridgehead atoms. The van der Waals surface area contributed by atoms with Crippen LogP contribution in [0.4, 0.5) is 11.5 Å². The van der Waals surface area contributed by atoms with Crippen LogP contribution in [0, 0.1) is 0 Å². The monoisotopic (exact) mass is 362 g/mol. The van der Waals surface area contributed by atoms with Crippen LogP contribution < -0.4 is 15.0 Å². The van der Waals surface area contributed by atoms with Gasteiger partial charge in [0.05, 0.1) is 5.52 Å². The average Bonchev–Trinajstić information content (AvgIpc) is 2.73. The summed E-state index contributed by atoms with van der Waals surface area (Å²) in [5, 5.41) is 3.88. The molecule has 6 heteroatoms. The number of piperidine rings is 1. The van der Waals surface area contributed by atoms with E-state index in [9.17, 15) is 4.79 Å². The maximum absolute atomic E-state index is 12.2. The Balaban J connectivity index is 1.46. The second-order valence-electron chi connectivity index (χ2n) is 6.63. The lowest BCUT2D eigenvalue weighted by atomic mass is 10.1. The molecule has 2 aromatic carbocycles. The largest absolute Gasteiger partial charge is 0.484 e. The number of aromatic nitrogens is 2. The van der Waals surface area contributed by atoms with E-state index in [2.05, 4.69) is 20.2 Å². The second kappa shape index (κ2) is 8.03. The van der Waals surface area contributed by atoms with E-state index in [1.165, 1.54) is 19.3 Å². The van der Waals surface area contributed by atoms with Crippen molar-refractivity contribution in [3.05, 3.63) is 54.9 Å². The van der Waals surface area contributed by atoms with Crippen molar-refractivity contribution < 1.29 is 9.53 Å². The number of rotatable bonds is 5. The summed E-state index contributed by atoms with van der Waals surface area (Å²) < 4.78 is 5.48. The van der Waals surface area contributed by atoms with E-state index in [1.807, 2.05) is 48.5 Å². The average molecular weight is 362 g/mol. The summed E-state index contributed by atoms with van der Waals surface area (Å²) in [6.45, 7) is 2.02. The van der Waals surface area contributed by atoms with Crippen molar-refractivity contribution in [3.63, 3.8) is 0 Å². The molecular weight excluding hydrogens is 340 g/mol. The molecule has 3 aromatic rings. The van der Waals surface area contributed by atoms with Crippen LogP contribution in [-0.2, 0) is 4.79 Å². The molecule has 1 aliphatic rings. The van der Waals surface area contributed by atoms with Crippen LogP contribution in [0.2, 0.25) is 0 Å². The SMILES string of the molecule is O=C(COc1ccccc1)Nc1ccc2c(N3CCCCC3)ncnc2c1. The summed E-state index contributed by atoms with van der Waals surface area (Å²) in [6.07, 6.45) is 5.26. The highest BCUT2D eigenvalue weighted by Crippen LogP contribution is 2.27. The highest BCUT2D eigenvalue weighted by atomic mass is 16.5. The first-order chi connectivity index (χ1) is 13.3. The number of benzene rings is 2. The zero-order valence-electron chi connectivity index (χ0n) is 15.1. The number of carbonyl (C=O) groups is 1. The highest BCUT2D eigenvalue weighted by Gasteiger charge is 2.15. The van der Waals surface area contributed by atoms with E-state index >= 15 is 0 Å². The lowest BCUT2D eigenvalue weighted by molar-refractivity contribution is -0.118. The lowest BCUT2D eigenvalue weighted by Crippen LogP contribution is -2.30. The molecule has 1 N–H and O–H groups in total. The third-order valence-corrected chi connectivity index (χ3v) is 4.67. The zero-order valence-corrected chi connectivity index (χ0v) is 15.1. The molecule has 6 nitrogen and oxygen atoms in total. The molecule has 0 aliphatic carbocycles. The molecule has 27 heavy (non-hydrogen) atoms. The quantitative estimate of drug-likeness (QED) is 0.751. The van der Waals surface area contributed by atoms with Gasteiger partial charge in [-0.25, -0.2) is 9.97 Å². The first kappa shape index (κ1) is 17.3. The van der Waals surface area contributed by atoms with Gasteiger partial charge in [0, 0.05) is 24.2 Å². The molecule has 0 spiro atoms. The predicted octanol–water partition coefficient (Wildman–Crippen LogP) is 3.64. The van der Waals surface area contributed by atoms with Gasteiger partial charge in [0.25, 0.3) is 5.91 Å². The molecule has 138 valence electrons. The van der Waals surface area contributed by atoms with Gasteiger partial charge < -0.3 is 15.0 Å². The number of nitrogens with one attached hydrogen (secondary N) is 1. The third kappa shape index (κ3) is 4.16. The van der Waals surface area contributed by atoms with Crippen molar-refractivity contribution in [2.45, 2.75) is 19.3 Å². The van der Waals surface area contributed by atoms with Crippen LogP contribution >= 0.6 is 0 Å². The molecule has 1 amide bonds. The van der Waals surface area contributed by atoms with Crippen molar-refractivity contribution >= 4 is 28.3 Å². The third-order valence-electron chi connectivity index (χ3n) is 4.67. The van der Waals surface area contributed by atoms with Gasteiger partial charge >= 0.3 is 0 Å². The van der Waals surface area contributed by atoms with Gasteiger partial charge in [0.2, 0.25) is 0 Å². The minimum absolute atomic E-state index is 0.0369. The number of anilines is 2. The Labute approximate surface area is 158 Å². The Morgan fingerprint density at radius 2 is 1.85 bits per heavy atom. The van der Waals surface area contributed by atoms with Crippen molar-refractivity contribution in [2.24, 2.45) is 0 Å². The molecule has 0 atom stereocenters. The molecule has 1 aromatic heterocycles. The summed E-state index contributed by atoms with van der Waals surface area (Å²) in [6, 6.07) is 15.0. The molecule has 1 fully saturated rings. The minimum atomic E-state index is -0.205. The molecule has 1 saturated heterocycles. The molecule has 0 unspecified atom stereocenters. The smallest absolute Gasteiger partial charge is 0.262 e. The zero-order chi connectivity index (χ0) is 18.5. The fourth-order valence-electron chi connectivity index (χ4n) is 3.34. The number of amides is 1. The molecule has 0 saturated carbocycles. The van der Waals surface area contributed by atoms with Gasteiger partial charge in [-0.3, -0.25) is 4.79 Å². The van der Waals surface area contributed by atoms with Gasteiger partial charge in [-0.05, 0) is 49.6 Å². The first-order valence-corrected chi connectivity index (χ1v) is 9.27. The van der Waals surface area contributed by atoms with Gasteiger partial charge in [-0.2, -0.15) is 0 Å². The first-order valence-electron chi connectivity index (χ1n) is 9.27. The fourth-order valence-corrected chi connectivity index (χ4v) is 3.34. The number of hydrogen-bond acceptors (Lipinski definition) is 5. The fraction of sp³-hybridized carbons (Fsp3) is 0.286. The molecular formula is C21H22N4O2. The minimum Gasteiger partial charge on any atom is -0.484 e. The molecule has 4 rings (SSSR count). The van der Waals surface area contributed by atoms with Crippen LogP contribution in [0.15, 0.2) is 54.9 Å². The van der Waals surface area contributed by atoms with Gasteiger partial charge in [-0.15, -0.1) is 0 Å². The predicted molar refractivity (Wildman–Crippen MR) is 106 cm³/mol. The number of ether oxygens (including phenoxy) is 1. The van der Waals surface area contributed by atoms with Crippen molar-refractivity contribution in [2.75, 3.05) is 29.9 Å². The number of fused-ring (bicyclic) bond motifs is 1. The lowest BCUT2D eigenvalue weighted by Gasteiger charge is -2.28. The Hall–Kier alpha value is -3.15. The number of para-hydroxylation sites is 1. The summed E-state index contributed by atoms with van der Waals surface area (Å²) in [5.41, 5.74) is 1.53. The summed E-state index contributed by atoms with van der Waals surface area (Å²) in [7, 11) is 0. The van der Waals surface area contributed by atoms with E-state index in [1.54, 1.807) is 6.33 Å². The Bertz CT molecular complexity index is 924. The highest BCUT2D eigenvalue weighted by molar-refractivity contribution is 5.96. The van der Waals surface area contributed by atoms with Crippen LogP contribution in [0.25, 0.3) is 10.9 Å². The molecule has 0 radical (unpaired) electrons. The normalized spacial score (nSPS) is 14.1. The number of carbonyl (C=O) groups excluding carboxylic acids is 1. The number of nitrogens with zero attached hydrogens (tertiary/aromatic N) is 3. The Morgan fingerprint density at radius 1 is 1.04 bits per heavy atom.